The quantitative estimate of drug-likeness (QED) is 0.722. The Morgan fingerprint density at radius 2 is 1.57 bits per heavy atom. The average Bonchev–Trinajstić information content (AvgIpc) is 2.53. The summed E-state index contributed by atoms with van der Waals surface area (Å²) in [6.07, 6.45) is 1.43. The molecule has 0 radical (unpaired) electrons. The Morgan fingerprint density at radius 3 is 2.17 bits per heavy atom. The summed E-state index contributed by atoms with van der Waals surface area (Å²) in [4.78, 5) is 17.1. The van der Waals surface area contributed by atoms with Gasteiger partial charge < -0.3 is 9.47 Å². The highest BCUT2D eigenvalue weighted by Gasteiger charge is 2.12. The van der Waals surface area contributed by atoms with Crippen LogP contribution in [0.2, 0.25) is 10.0 Å². The number of aromatic nitrogens is 2. The number of rotatable bonds is 3. The van der Waals surface area contributed by atoms with Gasteiger partial charge in [0.15, 0.2) is 11.5 Å². The van der Waals surface area contributed by atoms with Gasteiger partial charge in [-0.1, -0.05) is 23.2 Å². The number of ether oxygens (including phenoxy) is 2. The minimum absolute atomic E-state index is 0.255. The molecule has 7 heteroatoms. The van der Waals surface area contributed by atoms with Crippen LogP contribution in [0.5, 0.6) is 11.5 Å². The Balaban J connectivity index is 2.28. The number of fused-ring (bicyclic) bond motifs is 1. The summed E-state index contributed by atoms with van der Waals surface area (Å²) in [7, 11) is 3.04. The molecule has 0 fully saturated rings. The highest BCUT2D eigenvalue weighted by Crippen LogP contribution is 2.30. The molecular weight excluding hydrogens is 339 g/mol. The molecule has 2 aromatic carbocycles. The van der Waals surface area contributed by atoms with Crippen molar-refractivity contribution in [3.05, 3.63) is 57.1 Å². The van der Waals surface area contributed by atoms with Gasteiger partial charge in [-0.2, -0.15) is 0 Å². The maximum absolute atomic E-state index is 12.8. The molecule has 0 saturated heterocycles. The molecule has 0 bridgehead atoms. The maximum atomic E-state index is 12.8. The molecule has 0 aliphatic heterocycles. The van der Waals surface area contributed by atoms with Crippen molar-refractivity contribution in [1.29, 1.82) is 0 Å². The second-order valence-corrected chi connectivity index (χ2v) is 5.64. The average molecular weight is 351 g/mol. The van der Waals surface area contributed by atoms with Crippen LogP contribution in [0.15, 0.2) is 41.5 Å². The molecule has 0 amide bonds. The van der Waals surface area contributed by atoms with Crippen molar-refractivity contribution < 1.29 is 9.47 Å². The van der Waals surface area contributed by atoms with Gasteiger partial charge in [-0.25, -0.2) is 4.98 Å². The van der Waals surface area contributed by atoms with Crippen LogP contribution in [-0.4, -0.2) is 23.8 Å². The van der Waals surface area contributed by atoms with E-state index in [9.17, 15) is 4.79 Å². The molecule has 1 aromatic heterocycles. The summed E-state index contributed by atoms with van der Waals surface area (Å²) in [5.74, 6) is 0.969. The van der Waals surface area contributed by atoms with E-state index in [-0.39, 0.29) is 5.56 Å². The fourth-order valence-electron chi connectivity index (χ4n) is 2.31. The Morgan fingerprint density at radius 1 is 0.957 bits per heavy atom. The predicted molar refractivity (Wildman–Crippen MR) is 90.5 cm³/mol. The van der Waals surface area contributed by atoms with Crippen LogP contribution in [0.3, 0.4) is 0 Å². The Bertz CT molecular complexity index is 934. The summed E-state index contributed by atoms with van der Waals surface area (Å²) in [5, 5.41) is 1.28. The van der Waals surface area contributed by atoms with E-state index < -0.39 is 0 Å². The predicted octanol–water partition coefficient (Wildman–Crippen LogP) is 3.71. The molecule has 0 atom stereocenters. The lowest BCUT2D eigenvalue weighted by atomic mass is 10.2. The van der Waals surface area contributed by atoms with Crippen LogP contribution >= 0.6 is 23.2 Å². The van der Waals surface area contributed by atoms with Crippen molar-refractivity contribution in [2.75, 3.05) is 14.2 Å². The summed E-state index contributed by atoms with van der Waals surface area (Å²) < 4.78 is 11.8. The van der Waals surface area contributed by atoms with Crippen molar-refractivity contribution in [2.24, 2.45) is 0 Å². The van der Waals surface area contributed by atoms with Gasteiger partial charge in [0, 0.05) is 16.1 Å². The van der Waals surface area contributed by atoms with E-state index in [1.54, 1.807) is 30.3 Å². The normalized spacial score (nSPS) is 10.8. The minimum Gasteiger partial charge on any atom is -0.493 e. The van der Waals surface area contributed by atoms with Gasteiger partial charge in [-0.05, 0) is 24.3 Å². The van der Waals surface area contributed by atoms with E-state index in [0.29, 0.717) is 38.1 Å². The third-order valence-electron chi connectivity index (χ3n) is 3.39. The first-order valence-corrected chi connectivity index (χ1v) is 7.39. The topological polar surface area (TPSA) is 53.4 Å². The number of hydrogen-bond acceptors (Lipinski definition) is 4. The van der Waals surface area contributed by atoms with E-state index in [1.165, 1.54) is 25.1 Å². The van der Waals surface area contributed by atoms with Gasteiger partial charge in [0.1, 0.15) is 6.33 Å². The van der Waals surface area contributed by atoms with Crippen LogP contribution in [0.4, 0.5) is 0 Å². The molecular formula is C16H12Cl2N2O3. The molecule has 118 valence electrons. The van der Waals surface area contributed by atoms with E-state index in [0.717, 1.165) is 0 Å². The van der Waals surface area contributed by atoms with Gasteiger partial charge in [0.05, 0.1) is 30.8 Å². The van der Waals surface area contributed by atoms with Gasteiger partial charge in [0.2, 0.25) is 0 Å². The van der Waals surface area contributed by atoms with Crippen LogP contribution in [0.25, 0.3) is 16.6 Å². The second kappa shape index (κ2) is 6.10. The zero-order chi connectivity index (χ0) is 16.6. The lowest BCUT2D eigenvalue weighted by Crippen LogP contribution is -2.19. The summed E-state index contributed by atoms with van der Waals surface area (Å²) >= 11 is 12.0. The van der Waals surface area contributed by atoms with Crippen LogP contribution in [-0.2, 0) is 0 Å². The minimum atomic E-state index is -0.255. The lowest BCUT2D eigenvalue weighted by Gasteiger charge is -2.11. The largest absolute Gasteiger partial charge is 0.493 e. The van der Waals surface area contributed by atoms with E-state index in [4.69, 9.17) is 32.7 Å². The number of halogens is 2. The first kappa shape index (κ1) is 15.6. The third-order valence-corrected chi connectivity index (χ3v) is 3.83. The van der Waals surface area contributed by atoms with Crippen LogP contribution in [0.1, 0.15) is 0 Å². The third kappa shape index (κ3) is 2.85. The van der Waals surface area contributed by atoms with E-state index in [1.807, 2.05) is 0 Å². The monoisotopic (exact) mass is 350 g/mol. The SMILES string of the molecule is COc1cc2ncn(-c3cc(Cl)cc(Cl)c3)c(=O)c2cc1OC. The second-order valence-electron chi connectivity index (χ2n) is 4.77. The number of nitrogens with zero attached hydrogens (tertiary/aromatic N) is 2. The van der Waals surface area contributed by atoms with E-state index in [2.05, 4.69) is 4.98 Å². The lowest BCUT2D eigenvalue weighted by molar-refractivity contribution is 0.355. The van der Waals surface area contributed by atoms with E-state index >= 15 is 0 Å². The van der Waals surface area contributed by atoms with Crippen molar-refractivity contribution in [3.63, 3.8) is 0 Å². The molecule has 0 aliphatic carbocycles. The molecule has 3 aromatic rings. The number of hydrogen-bond donors (Lipinski definition) is 0. The van der Waals surface area contributed by atoms with Crippen molar-refractivity contribution in [3.8, 4) is 17.2 Å². The van der Waals surface area contributed by atoms with Crippen molar-refractivity contribution in [1.82, 2.24) is 9.55 Å². The van der Waals surface area contributed by atoms with Gasteiger partial charge in [-0.3, -0.25) is 9.36 Å². The fourth-order valence-corrected chi connectivity index (χ4v) is 2.83. The standard InChI is InChI=1S/C16H12Cl2N2O3/c1-22-14-6-12-13(7-15(14)23-2)19-8-20(16(12)21)11-4-9(17)3-10(18)5-11/h3-8H,1-2H3. The summed E-state index contributed by atoms with van der Waals surface area (Å²) in [6, 6.07) is 8.14. The highest BCUT2D eigenvalue weighted by molar-refractivity contribution is 6.34. The number of methoxy groups -OCH3 is 2. The smallest absolute Gasteiger partial charge is 0.265 e. The fraction of sp³-hybridized carbons (Fsp3) is 0.125. The van der Waals surface area contributed by atoms with Gasteiger partial charge in [0.25, 0.3) is 5.56 Å². The molecule has 3 rings (SSSR count). The number of benzene rings is 2. The molecule has 1 heterocycles. The van der Waals surface area contributed by atoms with Gasteiger partial charge in [-0.15, -0.1) is 0 Å². The molecule has 0 saturated carbocycles. The first-order chi connectivity index (χ1) is 11.0. The molecule has 23 heavy (non-hydrogen) atoms. The highest BCUT2D eigenvalue weighted by atomic mass is 35.5. The Hall–Kier alpha value is -2.24. The molecule has 0 unspecified atom stereocenters. The van der Waals surface area contributed by atoms with Crippen molar-refractivity contribution >= 4 is 34.1 Å². The van der Waals surface area contributed by atoms with Crippen molar-refractivity contribution in [2.45, 2.75) is 0 Å². The molecule has 0 spiro atoms. The summed E-state index contributed by atoms with van der Waals surface area (Å²) in [6.45, 7) is 0. The molecule has 5 nitrogen and oxygen atoms in total. The first-order valence-electron chi connectivity index (χ1n) is 6.63. The molecule has 0 N–H and O–H groups in total. The Labute approximate surface area is 142 Å². The zero-order valence-corrected chi connectivity index (χ0v) is 13.9. The zero-order valence-electron chi connectivity index (χ0n) is 12.3. The maximum Gasteiger partial charge on any atom is 0.265 e. The summed E-state index contributed by atoms with van der Waals surface area (Å²) in [5.41, 5.74) is 0.794. The van der Waals surface area contributed by atoms with Crippen LogP contribution < -0.4 is 15.0 Å². The Kier molecular flexibility index (Phi) is 4.15. The van der Waals surface area contributed by atoms with Gasteiger partial charge >= 0.3 is 0 Å². The van der Waals surface area contributed by atoms with Crippen LogP contribution in [0, 0.1) is 0 Å². The molecule has 0 aliphatic rings.